The first-order valence-corrected chi connectivity index (χ1v) is 9.83. The van der Waals surface area contributed by atoms with Crippen LogP contribution in [0.25, 0.3) is 0 Å². The van der Waals surface area contributed by atoms with Gasteiger partial charge in [0.2, 0.25) is 5.95 Å². The third-order valence-electron chi connectivity index (χ3n) is 4.52. The van der Waals surface area contributed by atoms with Gasteiger partial charge >= 0.3 is 0 Å². The molecule has 1 aromatic heterocycles. The molecule has 3 rings (SSSR count). The first-order valence-electron chi connectivity index (χ1n) is 9.83. The number of hydrogen-bond donors (Lipinski definition) is 2. The number of aromatic amines is 1. The molecule has 0 amide bonds. The zero-order valence-electron chi connectivity index (χ0n) is 17.4. The lowest BCUT2D eigenvalue weighted by atomic mass is 10.1. The van der Waals surface area contributed by atoms with E-state index in [4.69, 9.17) is 9.47 Å². The number of aromatic nitrogens is 2. The quantitative estimate of drug-likeness (QED) is 0.413. The second kappa shape index (κ2) is 10.2. The van der Waals surface area contributed by atoms with E-state index in [1.807, 2.05) is 43.3 Å². The van der Waals surface area contributed by atoms with Crippen LogP contribution in [0.1, 0.15) is 35.7 Å². The molecular weight excluding hydrogens is 380 g/mol. The lowest BCUT2D eigenvalue weighted by molar-refractivity contribution is 0.284. The lowest BCUT2D eigenvalue weighted by Crippen LogP contribution is -2.12. The van der Waals surface area contributed by atoms with Crippen molar-refractivity contribution in [3.05, 3.63) is 81.3 Å². The smallest absolute Gasteiger partial charge is 0.252 e. The second-order valence-corrected chi connectivity index (χ2v) is 6.83. The zero-order valence-corrected chi connectivity index (χ0v) is 17.4. The topological polar surface area (TPSA) is 88.6 Å². The molecule has 0 atom stereocenters. The zero-order chi connectivity index (χ0) is 21.3. The number of nitrogens with zero attached hydrogens (tertiary/aromatic N) is 2. The van der Waals surface area contributed by atoms with Crippen molar-refractivity contribution in [1.29, 1.82) is 0 Å². The number of nitrogens with one attached hydrogen (secondary N) is 2. The summed E-state index contributed by atoms with van der Waals surface area (Å²) in [5.74, 6) is 1.58. The molecule has 0 aliphatic carbocycles. The van der Waals surface area contributed by atoms with Crippen molar-refractivity contribution >= 4 is 12.2 Å². The van der Waals surface area contributed by atoms with Crippen molar-refractivity contribution in [3.8, 4) is 11.5 Å². The summed E-state index contributed by atoms with van der Waals surface area (Å²) in [4.78, 5) is 18.7. The van der Waals surface area contributed by atoms with Gasteiger partial charge < -0.3 is 9.47 Å². The highest BCUT2D eigenvalue weighted by Crippen LogP contribution is 2.28. The van der Waals surface area contributed by atoms with Gasteiger partial charge in [0, 0.05) is 11.8 Å². The SMILES string of the molecule is CCCc1cc(=O)[nH]c(NN=Cc2ccc(OCc3ccccc3C)c(OC)c2)n1. The van der Waals surface area contributed by atoms with E-state index in [2.05, 4.69) is 33.5 Å². The Labute approximate surface area is 175 Å². The van der Waals surface area contributed by atoms with Gasteiger partial charge in [0.05, 0.1) is 13.3 Å². The number of hydrazone groups is 1. The first kappa shape index (κ1) is 21.1. The van der Waals surface area contributed by atoms with Crippen LogP contribution in [0.2, 0.25) is 0 Å². The number of hydrogen-bond acceptors (Lipinski definition) is 6. The van der Waals surface area contributed by atoms with Gasteiger partial charge in [-0.1, -0.05) is 37.6 Å². The van der Waals surface area contributed by atoms with Crippen LogP contribution in [0.3, 0.4) is 0 Å². The molecule has 0 fully saturated rings. The lowest BCUT2D eigenvalue weighted by Gasteiger charge is -2.12. The fraction of sp³-hybridized carbons (Fsp3) is 0.261. The van der Waals surface area contributed by atoms with Gasteiger partial charge in [-0.05, 0) is 48.2 Å². The maximum absolute atomic E-state index is 11.7. The van der Waals surface area contributed by atoms with E-state index in [1.165, 1.54) is 11.6 Å². The molecule has 156 valence electrons. The molecule has 0 unspecified atom stereocenters. The molecule has 7 heteroatoms. The molecule has 0 radical (unpaired) electrons. The van der Waals surface area contributed by atoms with Gasteiger partial charge in [-0.2, -0.15) is 5.10 Å². The number of aryl methyl sites for hydroxylation is 2. The molecule has 0 saturated heterocycles. The van der Waals surface area contributed by atoms with Crippen molar-refractivity contribution < 1.29 is 9.47 Å². The minimum atomic E-state index is -0.206. The number of ether oxygens (including phenoxy) is 2. The fourth-order valence-corrected chi connectivity index (χ4v) is 2.92. The Balaban J connectivity index is 1.67. The maximum Gasteiger partial charge on any atom is 0.252 e. The van der Waals surface area contributed by atoms with Gasteiger partial charge in [-0.3, -0.25) is 9.78 Å². The average Bonchev–Trinajstić information content (AvgIpc) is 2.73. The summed E-state index contributed by atoms with van der Waals surface area (Å²) < 4.78 is 11.4. The Morgan fingerprint density at radius 3 is 2.77 bits per heavy atom. The van der Waals surface area contributed by atoms with Gasteiger partial charge in [0.15, 0.2) is 11.5 Å². The number of rotatable bonds is 9. The minimum Gasteiger partial charge on any atom is -0.493 e. The largest absolute Gasteiger partial charge is 0.493 e. The van der Waals surface area contributed by atoms with E-state index in [0.717, 1.165) is 29.7 Å². The molecule has 3 aromatic rings. The van der Waals surface area contributed by atoms with Crippen LogP contribution in [0.5, 0.6) is 11.5 Å². The van der Waals surface area contributed by atoms with E-state index in [-0.39, 0.29) is 5.56 Å². The summed E-state index contributed by atoms with van der Waals surface area (Å²) >= 11 is 0. The third kappa shape index (κ3) is 5.70. The van der Waals surface area contributed by atoms with Crippen LogP contribution in [0, 0.1) is 6.92 Å². The fourth-order valence-electron chi connectivity index (χ4n) is 2.92. The Morgan fingerprint density at radius 1 is 1.17 bits per heavy atom. The monoisotopic (exact) mass is 406 g/mol. The predicted molar refractivity (Wildman–Crippen MR) is 119 cm³/mol. The van der Waals surface area contributed by atoms with E-state index >= 15 is 0 Å². The number of methoxy groups -OCH3 is 1. The van der Waals surface area contributed by atoms with Gasteiger partial charge in [0.1, 0.15) is 6.61 Å². The molecule has 2 N–H and O–H groups in total. The molecule has 7 nitrogen and oxygen atoms in total. The highest BCUT2D eigenvalue weighted by atomic mass is 16.5. The van der Waals surface area contributed by atoms with Gasteiger partial charge in [-0.25, -0.2) is 10.4 Å². The first-order chi connectivity index (χ1) is 14.6. The highest BCUT2D eigenvalue weighted by molar-refractivity contribution is 5.81. The second-order valence-electron chi connectivity index (χ2n) is 6.83. The van der Waals surface area contributed by atoms with Crippen LogP contribution >= 0.6 is 0 Å². The molecule has 0 bridgehead atoms. The average molecular weight is 406 g/mol. The van der Waals surface area contributed by atoms with Crippen molar-refractivity contribution in [1.82, 2.24) is 9.97 Å². The Bertz CT molecular complexity index is 1080. The Hall–Kier alpha value is -3.61. The molecule has 0 spiro atoms. The Kier molecular flexibility index (Phi) is 7.21. The minimum absolute atomic E-state index is 0.206. The highest BCUT2D eigenvalue weighted by Gasteiger charge is 2.07. The standard InChI is InChI=1S/C23H26N4O3/c1-4-7-19-13-22(28)26-23(25-19)27-24-14-17-10-11-20(21(12-17)29-3)30-15-18-9-6-5-8-16(18)2/h5-6,8-14H,4,7,15H2,1-3H3,(H2,25,26,27,28). The summed E-state index contributed by atoms with van der Waals surface area (Å²) in [5.41, 5.74) is 6.42. The number of H-pyrrole nitrogens is 1. The molecule has 1 heterocycles. The van der Waals surface area contributed by atoms with Crippen LogP contribution in [-0.4, -0.2) is 23.3 Å². The number of benzene rings is 2. The van der Waals surface area contributed by atoms with Gasteiger partial charge in [0.25, 0.3) is 5.56 Å². The summed E-state index contributed by atoms with van der Waals surface area (Å²) in [6.07, 6.45) is 3.28. The van der Waals surface area contributed by atoms with Gasteiger partial charge in [-0.15, -0.1) is 0 Å². The normalized spacial score (nSPS) is 10.9. The molecule has 30 heavy (non-hydrogen) atoms. The molecule has 0 aliphatic heterocycles. The molecular formula is C23H26N4O3. The van der Waals surface area contributed by atoms with Crippen molar-refractivity contribution in [3.63, 3.8) is 0 Å². The van der Waals surface area contributed by atoms with E-state index in [0.29, 0.717) is 24.1 Å². The maximum atomic E-state index is 11.7. The van der Waals surface area contributed by atoms with Crippen LogP contribution in [0.15, 0.2) is 58.4 Å². The number of anilines is 1. The molecule has 0 saturated carbocycles. The predicted octanol–water partition coefficient (Wildman–Crippen LogP) is 4.06. The Morgan fingerprint density at radius 2 is 2.00 bits per heavy atom. The summed E-state index contributed by atoms with van der Waals surface area (Å²) in [5, 5.41) is 4.16. The van der Waals surface area contributed by atoms with Crippen LogP contribution < -0.4 is 20.5 Å². The van der Waals surface area contributed by atoms with Crippen molar-refractivity contribution in [2.24, 2.45) is 5.10 Å². The van der Waals surface area contributed by atoms with E-state index in [9.17, 15) is 4.79 Å². The summed E-state index contributed by atoms with van der Waals surface area (Å²) in [6, 6.07) is 15.2. The van der Waals surface area contributed by atoms with Crippen molar-refractivity contribution in [2.75, 3.05) is 12.5 Å². The summed E-state index contributed by atoms with van der Waals surface area (Å²) in [6.45, 7) is 4.56. The molecule has 0 aliphatic rings. The van der Waals surface area contributed by atoms with Crippen molar-refractivity contribution in [2.45, 2.75) is 33.3 Å². The van der Waals surface area contributed by atoms with Crippen LogP contribution in [0.4, 0.5) is 5.95 Å². The molecule has 2 aromatic carbocycles. The van der Waals surface area contributed by atoms with E-state index < -0.39 is 0 Å². The summed E-state index contributed by atoms with van der Waals surface area (Å²) in [7, 11) is 1.60. The van der Waals surface area contributed by atoms with E-state index in [1.54, 1.807) is 13.3 Å². The third-order valence-corrected chi connectivity index (χ3v) is 4.52. The van der Waals surface area contributed by atoms with Crippen LogP contribution in [-0.2, 0) is 13.0 Å².